The fourth-order valence-corrected chi connectivity index (χ4v) is 2.45. The van der Waals surface area contributed by atoms with E-state index < -0.39 is 0 Å². The molecule has 1 aliphatic rings. The van der Waals surface area contributed by atoms with Crippen molar-refractivity contribution >= 4 is 11.6 Å². The van der Waals surface area contributed by atoms with Crippen molar-refractivity contribution in [3.05, 3.63) is 28.6 Å². The van der Waals surface area contributed by atoms with Crippen LogP contribution < -0.4 is 10.2 Å². The number of carbonyl (C=O) groups is 1. The number of nitrogens with zero attached hydrogens (tertiary/aromatic N) is 1. The van der Waals surface area contributed by atoms with E-state index in [1.165, 1.54) is 7.11 Å². The van der Waals surface area contributed by atoms with Crippen molar-refractivity contribution in [2.75, 3.05) is 13.9 Å². The van der Waals surface area contributed by atoms with Crippen LogP contribution in [0.15, 0.2) is 11.2 Å². The normalized spacial score (nSPS) is 18.2. The maximum absolute atomic E-state index is 14.6. The molecular weight excluding hydrogens is 275 g/mol. The van der Waals surface area contributed by atoms with Gasteiger partial charge in [-0.2, -0.15) is 5.10 Å². The third-order valence-electron chi connectivity index (χ3n) is 3.48. The maximum atomic E-state index is 14.6. The molecule has 1 aromatic rings. The first kappa shape index (κ1) is 15.4. The van der Waals surface area contributed by atoms with Gasteiger partial charge in [0.1, 0.15) is 11.6 Å². The van der Waals surface area contributed by atoms with Crippen molar-refractivity contribution in [2.45, 2.75) is 27.2 Å². The molecule has 0 radical (unpaired) electrons. The molecule has 0 aromatic heterocycles. The number of halogens is 1. The summed E-state index contributed by atoms with van der Waals surface area (Å²) in [7, 11) is 1.51. The van der Waals surface area contributed by atoms with Crippen LogP contribution in [0.2, 0.25) is 0 Å². The number of methoxy groups -OCH3 is 1. The summed E-state index contributed by atoms with van der Waals surface area (Å²) in [6, 6.07) is 1.69. The molecule has 0 saturated heterocycles. The third-order valence-corrected chi connectivity index (χ3v) is 3.48. The van der Waals surface area contributed by atoms with E-state index in [1.54, 1.807) is 13.0 Å². The molecule has 1 unspecified atom stereocenters. The lowest BCUT2D eigenvalue weighted by molar-refractivity contribution is -0.121. The topological polar surface area (TPSA) is 59.9 Å². The SMILES string of the molecule is COCOc1c(C)cc(C2=NNC(=O)CC2C)c(F)c1C. The van der Waals surface area contributed by atoms with Crippen molar-refractivity contribution in [3.8, 4) is 5.75 Å². The minimum atomic E-state index is -0.381. The van der Waals surface area contributed by atoms with E-state index >= 15 is 0 Å². The lowest BCUT2D eigenvalue weighted by Crippen LogP contribution is -2.32. The molecule has 1 aliphatic heterocycles. The van der Waals surface area contributed by atoms with Gasteiger partial charge in [-0.05, 0) is 25.5 Å². The number of amides is 1. The zero-order valence-electron chi connectivity index (χ0n) is 12.6. The first-order chi connectivity index (χ1) is 9.95. The van der Waals surface area contributed by atoms with Crippen LogP contribution in [0.5, 0.6) is 5.75 Å². The van der Waals surface area contributed by atoms with Crippen molar-refractivity contribution in [1.82, 2.24) is 5.43 Å². The lowest BCUT2D eigenvalue weighted by atomic mass is 9.91. The zero-order chi connectivity index (χ0) is 15.6. The summed E-state index contributed by atoms with van der Waals surface area (Å²) in [4.78, 5) is 11.3. The molecule has 21 heavy (non-hydrogen) atoms. The second kappa shape index (κ2) is 6.22. The Balaban J connectivity index is 2.44. The largest absolute Gasteiger partial charge is 0.467 e. The van der Waals surface area contributed by atoms with Crippen LogP contribution in [0, 0.1) is 25.6 Å². The summed E-state index contributed by atoms with van der Waals surface area (Å²) in [5.74, 6) is -0.183. The highest BCUT2D eigenvalue weighted by atomic mass is 19.1. The second-order valence-corrected chi connectivity index (χ2v) is 5.20. The average Bonchev–Trinajstić information content (AvgIpc) is 2.43. The molecule has 1 heterocycles. The number of benzene rings is 1. The van der Waals surface area contributed by atoms with Gasteiger partial charge < -0.3 is 9.47 Å². The number of carbonyl (C=O) groups excluding carboxylic acids is 1. The van der Waals surface area contributed by atoms with Crippen molar-refractivity contribution in [3.63, 3.8) is 0 Å². The molecule has 114 valence electrons. The van der Waals surface area contributed by atoms with Crippen molar-refractivity contribution in [1.29, 1.82) is 0 Å². The minimum Gasteiger partial charge on any atom is -0.467 e. The molecular formula is C15H19FN2O3. The number of nitrogens with one attached hydrogen (secondary N) is 1. The molecule has 2 rings (SSSR count). The monoisotopic (exact) mass is 294 g/mol. The number of rotatable bonds is 4. The smallest absolute Gasteiger partial charge is 0.240 e. The predicted octanol–water partition coefficient (Wildman–Crippen LogP) is 2.29. The number of ether oxygens (including phenoxy) is 2. The van der Waals surface area contributed by atoms with E-state index in [9.17, 15) is 9.18 Å². The lowest BCUT2D eigenvalue weighted by Gasteiger charge is -2.21. The molecule has 1 N–H and O–H groups in total. The van der Waals surface area contributed by atoms with E-state index in [0.29, 0.717) is 29.0 Å². The van der Waals surface area contributed by atoms with Gasteiger partial charge in [0.15, 0.2) is 6.79 Å². The first-order valence-electron chi connectivity index (χ1n) is 6.74. The van der Waals surface area contributed by atoms with Crippen LogP contribution in [0.1, 0.15) is 30.0 Å². The van der Waals surface area contributed by atoms with Crippen LogP contribution in [0.4, 0.5) is 4.39 Å². The molecule has 0 bridgehead atoms. The van der Waals surface area contributed by atoms with Gasteiger partial charge in [-0.15, -0.1) is 0 Å². The van der Waals surface area contributed by atoms with Crippen LogP contribution >= 0.6 is 0 Å². The highest BCUT2D eigenvalue weighted by molar-refractivity contribution is 6.06. The van der Waals surface area contributed by atoms with Crippen LogP contribution in [0.3, 0.4) is 0 Å². The fourth-order valence-electron chi connectivity index (χ4n) is 2.45. The summed E-state index contributed by atoms with van der Waals surface area (Å²) in [5, 5.41) is 4.01. The Kier molecular flexibility index (Phi) is 4.57. The Morgan fingerprint density at radius 3 is 2.81 bits per heavy atom. The zero-order valence-corrected chi connectivity index (χ0v) is 12.6. The summed E-state index contributed by atoms with van der Waals surface area (Å²) in [6.07, 6.45) is 0.304. The molecule has 6 heteroatoms. The summed E-state index contributed by atoms with van der Waals surface area (Å²) in [6.45, 7) is 5.42. The van der Waals surface area contributed by atoms with Gasteiger partial charge >= 0.3 is 0 Å². The Morgan fingerprint density at radius 2 is 2.19 bits per heavy atom. The molecule has 0 saturated carbocycles. The quantitative estimate of drug-likeness (QED) is 0.867. The van der Waals surface area contributed by atoms with Crippen LogP contribution in [-0.2, 0) is 9.53 Å². The van der Waals surface area contributed by atoms with Gasteiger partial charge in [-0.25, -0.2) is 9.82 Å². The molecule has 0 aliphatic carbocycles. The molecule has 5 nitrogen and oxygen atoms in total. The molecule has 1 aromatic carbocycles. The molecule has 0 fully saturated rings. The average molecular weight is 294 g/mol. The molecule has 1 amide bonds. The summed E-state index contributed by atoms with van der Waals surface area (Å²) in [5.41, 5.74) is 4.57. The van der Waals surface area contributed by atoms with Gasteiger partial charge in [-0.3, -0.25) is 4.79 Å². The highest BCUT2D eigenvalue weighted by Gasteiger charge is 2.26. The number of aryl methyl sites for hydroxylation is 1. The Hall–Kier alpha value is -1.95. The number of hydrogen-bond acceptors (Lipinski definition) is 4. The van der Waals surface area contributed by atoms with E-state index in [-0.39, 0.29) is 24.4 Å². The first-order valence-corrected chi connectivity index (χ1v) is 6.74. The Morgan fingerprint density at radius 1 is 1.48 bits per heavy atom. The minimum absolute atomic E-state index is 0.0634. The highest BCUT2D eigenvalue weighted by Crippen LogP contribution is 2.30. The fraction of sp³-hybridized carbons (Fsp3) is 0.467. The van der Waals surface area contributed by atoms with Crippen LogP contribution in [-0.4, -0.2) is 25.5 Å². The summed E-state index contributed by atoms with van der Waals surface area (Å²) >= 11 is 0. The number of hydrazone groups is 1. The van der Waals surface area contributed by atoms with Crippen LogP contribution in [0.25, 0.3) is 0 Å². The Bertz CT molecular complexity index is 599. The standard InChI is InChI=1S/C15H19FN2O3/c1-8-6-12(19)17-18-14(8)11-5-9(2)15(21-7-20-4)10(3)13(11)16/h5,8H,6-7H2,1-4H3,(H,17,19). The van der Waals surface area contributed by atoms with Gasteiger partial charge in [0.2, 0.25) is 5.91 Å². The van der Waals surface area contributed by atoms with E-state index in [1.807, 2.05) is 13.8 Å². The van der Waals surface area contributed by atoms with Gasteiger partial charge in [0.25, 0.3) is 0 Å². The van der Waals surface area contributed by atoms with E-state index in [2.05, 4.69) is 10.5 Å². The van der Waals surface area contributed by atoms with Gasteiger partial charge in [0.05, 0.1) is 5.71 Å². The van der Waals surface area contributed by atoms with E-state index in [4.69, 9.17) is 9.47 Å². The van der Waals surface area contributed by atoms with E-state index in [0.717, 1.165) is 5.56 Å². The second-order valence-electron chi connectivity index (χ2n) is 5.20. The van der Waals surface area contributed by atoms with Gasteiger partial charge in [0, 0.05) is 30.6 Å². The summed E-state index contributed by atoms with van der Waals surface area (Å²) < 4.78 is 24.9. The third kappa shape index (κ3) is 3.05. The molecule has 0 spiro atoms. The predicted molar refractivity (Wildman–Crippen MR) is 76.8 cm³/mol. The number of hydrogen-bond donors (Lipinski definition) is 1. The van der Waals surface area contributed by atoms with Gasteiger partial charge in [-0.1, -0.05) is 6.92 Å². The Labute approximate surface area is 123 Å². The maximum Gasteiger partial charge on any atom is 0.240 e. The molecule has 1 atom stereocenters. The van der Waals surface area contributed by atoms with Crippen molar-refractivity contribution < 1.29 is 18.7 Å². The van der Waals surface area contributed by atoms with Crippen molar-refractivity contribution in [2.24, 2.45) is 11.0 Å².